The second-order valence-corrected chi connectivity index (χ2v) is 6.83. The van der Waals surface area contributed by atoms with E-state index >= 15 is 0 Å². The van der Waals surface area contributed by atoms with Gasteiger partial charge in [0.05, 0.1) is 12.1 Å². The van der Waals surface area contributed by atoms with Crippen LogP contribution in [0.4, 0.5) is 0 Å². The first kappa shape index (κ1) is 15.6. The van der Waals surface area contributed by atoms with E-state index in [2.05, 4.69) is 17.2 Å². The maximum atomic E-state index is 5.95. The summed E-state index contributed by atoms with van der Waals surface area (Å²) in [5.74, 6) is 1.000. The van der Waals surface area contributed by atoms with E-state index in [1.54, 1.807) is 0 Å². The monoisotopic (exact) mass is 274 g/mol. The molecule has 0 aliphatic carbocycles. The van der Waals surface area contributed by atoms with Gasteiger partial charge in [-0.05, 0) is 27.2 Å². The molecule has 0 saturated heterocycles. The summed E-state index contributed by atoms with van der Waals surface area (Å²) in [5.41, 5.74) is 0.125. The molecule has 18 heavy (non-hydrogen) atoms. The van der Waals surface area contributed by atoms with E-state index in [0.717, 1.165) is 25.3 Å². The van der Waals surface area contributed by atoms with Gasteiger partial charge in [0.25, 0.3) is 0 Å². The van der Waals surface area contributed by atoms with Crippen LogP contribution in [0.25, 0.3) is 0 Å². The molecule has 5 nitrogen and oxygen atoms in total. The van der Waals surface area contributed by atoms with Crippen molar-refractivity contribution in [1.82, 2.24) is 5.32 Å². The Morgan fingerprint density at radius 2 is 1.67 bits per heavy atom. The van der Waals surface area contributed by atoms with E-state index in [4.69, 9.17) is 13.3 Å². The molecule has 1 atom stereocenters. The number of rotatable bonds is 9. The Balaban J connectivity index is 2.94. The van der Waals surface area contributed by atoms with Gasteiger partial charge in [-0.25, -0.2) is 0 Å². The van der Waals surface area contributed by atoms with Crippen molar-refractivity contribution in [3.05, 3.63) is 0 Å². The lowest BCUT2D eigenvalue weighted by Crippen LogP contribution is -2.54. The molecule has 0 radical (unpaired) electrons. The normalized spacial score (nSPS) is 17.4. The first-order valence-electron chi connectivity index (χ1n) is 6.94. The Hall–Kier alpha value is -0.433. The summed E-state index contributed by atoms with van der Waals surface area (Å²) in [5, 5.41) is 3.33. The summed E-state index contributed by atoms with van der Waals surface area (Å²) in [6.07, 6.45) is 0.915. The summed E-state index contributed by atoms with van der Waals surface area (Å²) in [4.78, 5) is 4.52. The fourth-order valence-electron chi connectivity index (χ4n) is 2.29. The summed E-state index contributed by atoms with van der Waals surface area (Å²) in [7, 11) is -2.68. The molecule has 1 rings (SSSR count). The topological polar surface area (TPSA) is 52.1 Å². The first-order valence-corrected chi connectivity index (χ1v) is 8.74. The minimum absolute atomic E-state index is 0.125. The van der Waals surface area contributed by atoms with Gasteiger partial charge in [0, 0.05) is 26.4 Å². The first-order chi connectivity index (χ1) is 8.74. The van der Waals surface area contributed by atoms with Gasteiger partial charge in [-0.15, -0.1) is 0 Å². The largest absolute Gasteiger partial charge is 0.512 e. The molecule has 0 bridgehead atoms. The number of hydrogen-bond acceptors (Lipinski definition) is 5. The van der Waals surface area contributed by atoms with Crippen LogP contribution in [-0.4, -0.2) is 47.6 Å². The highest BCUT2D eigenvalue weighted by Gasteiger charge is 2.51. The molecular formula is C12H26N2O3Si. The maximum absolute atomic E-state index is 5.95. The third-order valence-corrected chi connectivity index (χ3v) is 6.51. The van der Waals surface area contributed by atoms with Gasteiger partial charge in [-0.2, -0.15) is 0 Å². The van der Waals surface area contributed by atoms with Crippen molar-refractivity contribution < 1.29 is 13.3 Å². The van der Waals surface area contributed by atoms with Crippen molar-refractivity contribution in [1.29, 1.82) is 0 Å². The van der Waals surface area contributed by atoms with E-state index in [-0.39, 0.29) is 5.54 Å². The zero-order chi connectivity index (χ0) is 13.4. The second-order valence-electron chi connectivity index (χ2n) is 4.06. The van der Waals surface area contributed by atoms with Crippen molar-refractivity contribution in [2.24, 2.45) is 4.99 Å². The molecule has 1 heterocycles. The fourth-order valence-corrected chi connectivity index (χ4v) is 5.38. The Morgan fingerprint density at radius 1 is 1.11 bits per heavy atom. The standard InChI is InChI=1S/C12H26N2O3Si/c1-5-11(12-13-9-10-14-12)18(15-6-2,16-7-3)17-8-4/h11H,5-10H2,1-4H3,(H,13,14). The van der Waals surface area contributed by atoms with Crippen molar-refractivity contribution in [3.8, 4) is 0 Å². The van der Waals surface area contributed by atoms with Gasteiger partial charge in [-0.3, -0.25) is 4.99 Å². The lowest BCUT2D eigenvalue weighted by molar-refractivity contribution is 0.0663. The van der Waals surface area contributed by atoms with Crippen LogP contribution in [0.1, 0.15) is 34.1 Å². The van der Waals surface area contributed by atoms with E-state index in [9.17, 15) is 0 Å². The molecule has 1 unspecified atom stereocenters. The second kappa shape index (κ2) is 7.88. The van der Waals surface area contributed by atoms with Crippen LogP contribution in [0.5, 0.6) is 0 Å². The van der Waals surface area contributed by atoms with Crippen molar-refractivity contribution >= 4 is 14.6 Å². The van der Waals surface area contributed by atoms with Crippen LogP contribution in [-0.2, 0) is 13.3 Å². The Labute approximate surface area is 111 Å². The molecule has 0 saturated carbocycles. The molecular weight excluding hydrogens is 248 g/mol. The average Bonchev–Trinajstić information content (AvgIpc) is 2.84. The van der Waals surface area contributed by atoms with E-state index < -0.39 is 8.80 Å². The number of nitrogens with one attached hydrogen (secondary N) is 1. The van der Waals surface area contributed by atoms with Crippen LogP contribution >= 0.6 is 0 Å². The highest BCUT2D eigenvalue weighted by Crippen LogP contribution is 2.30. The van der Waals surface area contributed by atoms with Crippen LogP contribution in [0.3, 0.4) is 0 Å². The number of amidine groups is 1. The average molecular weight is 274 g/mol. The van der Waals surface area contributed by atoms with Gasteiger partial charge in [0.1, 0.15) is 5.84 Å². The van der Waals surface area contributed by atoms with Gasteiger partial charge in [0.2, 0.25) is 0 Å². The summed E-state index contributed by atoms with van der Waals surface area (Å²) in [6, 6.07) is 0. The van der Waals surface area contributed by atoms with Crippen molar-refractivity contribution in [2.75, 3.05) is 32.9 Å². The van der Waals surface area contributed by atoms with E-state index in [1.807, 2.05) is 20.8 Å². The maximum Gasteiger partial charge on any atom is 0.512 e. The predicted molar refractivity (Wildman–Crippen MR) is 75.0 cm³/mol. The minimum Gasteiger partial charge on any atom is -0.373 e. The van der Waals surface area contributed by atoms with Gasteiger partial charge >= 0.3 is 8.80 Å². The third kappa shape index (κ3) is 3.54. The Morgan fingerprint density at radius 3 is 2.00 bits per heavy atom. The fraction of sp³-hybridized carbons (Fsp3) is 0.917. The summed E-state index contributed by atoms with van der Waals surface area (Å²) < 4.78 is 17.8. The molecule has 0 aromatic carbocycles. The zero-order valence-corrected chi connectivity index (χ0v) is 13.0. The molecule has 0 fully saturated rings. The Kier molecular flexibility index (Phi) is 6.84. The summed E-state index contributed by atoms with van der Waals surface area (Å²) in [6.45, 7) is 11.6. The third-order valence-electron chi connectivity index (χ3n) is 2.90. The number of nitrogens with zero attached hydrogens (tertiary/aromatic N) is 1. The van der Waals surface area contributed by atoms with Gasteiger partial charge in [-0.1, -0.05) is 6.92 Å². The number of hydrogen-bond donors (Lipinski definition) is 1. The van der Waals surface area contributed by atoms with Gasteiger partial charge < -0.3 is 18.6 Å². The molecule has 1 aliphatic heterocycles. The van der Waals surface area contributed by atoms with Crippen molar-refractivity contribution in [3.63, 3.8) is 0 Å². The molecule has 0 spiro atoms. The molecule has 6 heteroatoms. The zero-order valence-electron chi connectivity index (χ0n) is 12.0. The minimum atomic E-state index is -2.68. The van der Waals surface area contributed by atoms with Crippen molar-refractivity contribution in [2.45, 2.75) is 39.7 Å². The number of aliphatic imine (C=N–C) groups is 1. The molecule has 1 N–H and O–H groups in total. The molecule has 0 aromatic rings. The lowest BCUT2D eigenvalue weighted by atomic mass is 10.3. The highest BCUT2D eigenvalue weighted by molar-refractivity contribution is 6.66. The highest BCUT2D eigenvalue weighted by atomic mass is 28.4. The van der Waals surface area contributed by atoms with Crippen LogP contribution in [0.2, 0.25) is 5.54 Å². The molecule has 106 valence electrons. The van der Waals surface area contributed by atoms with Gasteiger partial charge in [0.15, 0.2) is 0 Å². The van der Waals surface area contributed by atoms with E-state index in [0.29, 0.717) is 19.8 Å². The predicted octanol–water partition coefficient (Wildman–Crippen LogP) is 1.82. The lowest BCUT2D eigenvalue weighted by Gasteiger charge is -2.34. The molecule has 0 aromatic heterocycles. The van der Waals surface area contributed by atoms with Crippen LogP contribution in [0, 0.1) is 0 Å². The summed E-state index contributed by atoms with van der Waals surface area (Å²) >= 11 is 0. The molecule has 0 amide bonds. The Bertz CT molecular complexity index is 257. The van der Waals surface area contributed by atoms with Crippen LogP contribution < -0.4 is 5.32 Å². The SMILES string of the molecule is CCO[Si](OCC)(OCC)C(CC)C1=NCCN1. The smallest absolute Gasteiger partial charge is 0.373 e. The van der Waals surface area contributed by atoms with Crippen LogP contribution in [0.15, 0.2) is 4.99 Å². The quantitative estimate of drug-likeness (QED) is 0.652. The molecule has 1 aliphatic rings. The van der Waals surface area contributed by atoms with E-state index in [1.165, 1.54) is 0 Å².